The molecule has 0 atom stereocenters. The number of carbonyl (C=O) groups excluding carboxylic acids is 1. The van der Waals surface area contributed by atoms with Crippen LogP contribution in [0.15, 0.2) is 24.4 Å². The van der Waals surface area contributed by atoms with Crippen molar-refractivity contribution in [3.05, 3.63) is 41.1 Å². The lowest BCUT2D eigenvalue weighted by molar-refractivity contribution is -0.137. The van der Waals surface area contributed by atoms with E-state index in [1.165, 1.54) is 0 Å². The van der Waals surface area contributed by atoms with Crippen LogP contribution in [0.25, 0.3) is 0 Å². The molecule has 0 bridgehead atoms. The number of rotatable bonds is 8. The lowest BCUT2D eigenvalue weighted by Gasteiger charge is -2.31. The maximum Gasteiger partial charge on any atom is 0.421 e. The third kappa shape index (κ3) is 7.28. The molecule has 0 saturated heterocycles. The number of nitrogens with zero attached hydrogens (tertiary/aromatic N) is 3. The van der Waals surface area contributed by atoms with Gasteiger partial charge >= 0.3 is 6.18 Å². The average molecular weight is 495 g/mol. The monoisotopic (exact) mass is 494 g/mol. The Morgan fingerprint density at radius 3 is 2.54 bits per heavy atom. The van der Waals surface area contributed by atoms with Gasteiger partial charge in [-0.15, -0.1) is 0 Å². The highest BCUT2D eigenvalue weighted by Gasteiger charge is 2.35. The van der Waals surface area contributed by atoms with Crippen LogP contribution < -0.4 is 16.4 Å². The van der Waals surface area contributed by atoms with Crippen LogP contribution in [0, 0.1) is 5.41 Å². The molecule has 192 valence electrons. The summed E-state index contributed by atoms with van der Waals surface area (Å²) in [5.41, 5.74) is 5.90. The number of benzene rings is 1. The molecule has 8 nitrogen and oxygen atoms in total. The van der Waals surface area contributed by atoms with Gasteiger partial charge in [0.05, 0.1) is 12.0 Å². The van der Waals surface area contributed by atoms with Crippen LogP contribution in [0.1, 0.15) is 50.8 Å². The van der Waals surface area contributed by atoms with E-state index < -0.39 is 22.8 Å². The molecule has 35 heavy (non-hydrogen) atoms. The van der Waals surface area contributed by atoms with Gasteiger partial charge in [0.25, 0.3) is 0 Å². The predicted molar refractivity (Wildman–Crippen MR) is 128 cm³/mol. The molecule has 5 N–H and O–H groups in total. The van der Waals surface area contributed by atoms with Crippen molar-refractivity contribution in [2.45, 2.75) is 58.9 Å². The Bertz CT molecular complexity index is 1070. The number of aliphatic hydroxyl groups is 1. The molecule has 0 fully saturated rings. The van der Waals surface area contributed by atoms with Gasteiger partial charge in [0, 0.05) is 31.5 Å². The first-order valence-corrected chi connectivity index (χ1v) is 11.4. The molecule has 1 aromatic heterocycles. The first kappa shape index (κ1) is 26.7. The van der Waals surface area contributed by atoms with Gasteiger partial charge in [-0.05, 0) is 55.5 Å². The second-order valence-electron chi connectivity index (χ2n) is 10.3. The molecule has 1 aliphatic heterocycles. The van der Waals surface area contributed by atoms with Crippen molar-refractivity contribution in [3.8, 4) is 0 Å². The van der Waals surface area contributed by atoms with Crippen molar-refractivity contribution in [2.75, 3.05) is 30.3 Å². The summed E-state index contributed by atoms with van der Waals surface area (Å²) in [6, 6.07) is 5.53. The molecule has 0 saturated carbocycles. The Kier molecular flexibility index (Phi) is 7.61. The molecule has 1 aromatic carbocycles. The highest BCUT2D eigenvalue weighted by molar-refractivity contribution is 5.77. The number of nitrogens with one attached hydrogen (secondary N) is 2. The van der Waals surface area contributed by atoms with Crippen molar-refractivity contribution < 1.29 is 23.1 Å². The van der Waals surface area contributed by atoms with Crippen molar-refractivity contribution in [1.29, 1.82) is 0 Å². The molecule has 0 unspecified atom stereocenters. The Morgan fingerprint density at radius 1 is 1.20 bits per heavy atom. The van der Waals surface area contributed by atoms with Crippen molar-refractivity contribution in [2.24, 2.45) is 11.1 Å². The predicted octanol–water partition coefficient (Wildman–Crippen LogP) is 3.68. The Morgan fingerprint density at radius 2 is 1.91 bits per heavy atom. The lowest BCUT2D eigenvalue weighted by atomic mass is 9.94. The minimum atomic E-state index is -4.60. The van der Waals surface area contributed by atoms with E-state index in [0.717, 1.165) is 17.3 Å². The first-order valence-electron chi connectivity index (χ1n) is 11.4. The summed E-state index contributed by atoms with van der Waals surface area (Å²) in [4.78, 5) is 22.1. The van der Waals surface area contributed by atoms with Crippen LogP contribution in [0.4, 0.5) is 30.6 Å². The molecule has 1 amide bonds. The summed E-state index contributed by atoms with van der Waals surface area (Å²) < 4.78 is 40.4. The molecule has 11 heteroatoms. The maximum atomic E-state index is 13.5. The van der Waals surface area contributed by atoms with E-state index in [0.29, 0.717) is 31.7 Å². The lowest BCUT2D eigenvalue weighted by Crippen LogP contribution is -2.39. The molecule has 0 aliphatic carbocycles. The normalized spacial score (nSPS) is 14.5. The van der Waals surface area contributed by atoms with Gasteiger partial charge in [0.2, 0.25) is 11.9 Å². The third-order valence-electron chi connectivity index (χ3n) is 5.79. The van der Waals surface area contributed by atoms with Crippen molar-refractivity contribution in [1.82, 2.24) is 14.9 Å². The molecule has 0 radical (unpaired) electrons. The van der Waals surface area contributed by atoms with Crippen LogP contribution in [-0.4, -0.2) is 51.1 Å². The van der Waals surface area contributed by atoms with E-state index in [4.69, 9.17) is 5.73 Å². The van der Waals surface area contributed by atoms with Crippen LogP contribution in [0.2, 0.25) is 0 Å². The third-order valence-corrected chi connectivity index (χ3v) is 5.79. The largest absolute Gasteiger partial charge is 0.421 e. The van der Waals surface area contributed by atoms with Crippen molar-refractivity contribution in [3.63, 3.8) is 0 Å². The van der Waals surface area contributed by atoms with Crippen molar-refractivity contribution >= 4 is 23.4 Å². The van der Waals surface area contributed by atoms with E-state index in [9.17, 15) is 23.1 Å². The zero-order valence-corrected chi connectivity index (χ0v) is 20.5. The van der Waals surface area contributed by atoms with Crippen LogP contribution in [-0.2, 0) is 23.9 Å². The Hall–Kier alpha value is -2.92. The fraction of sp³-hybridized carbons (Fsp3) is 0.542. The number of hydrogen-bond acceptors (Lipinski definition) is 7. The molecule has 3 rings (SSSR count). The number of fused-ring (bicyclic) bond motifs is 1. The van der Waals surface area contributed by atoms with Gasteiger partial charge in [-0.1, -0.05) is 19.9 Å². The second kappa shape index (κ2) is 9.98. The van der Waals surface area contributed by atoms with Gasteiger partial charge < -0.3 is 26.4 Å². The number of carbonyl (C=O) groups is 1. The van der Waals surface area contributed by atoms with E-state index in [2.05, 4.69) is 20.6 Å². The molecular weight excluding hydrogens is 461 g/mol. The van der Waals surface area contributed by atoms with Gasteiger partial charge in [0.15, 0.2) is 0 Å². The standard InChI is InChI=1S/C24H33F3N6O2/c1-22(2,13-28)14-30-20-18(24(25,26)27)11-29-21(32-20)31-17-6-5-16-12-33(8-7-15(16)9-17)19(34)10-23(3,4)35/h5-6,9,11,35H,7-8,10,12-14,28H2,1-4H3,(H2,29,30,31,32). The molecule has 2 aromatic rings. The summed E-state index contributed by atoms with van der Waals surface area (Å²) >= 11 is 0. The quantitative estimate of drug-likeness (QED) is 0.442. The maximum absolute atomic E-state index is 13.5. The Balaban J connectivity index is 1.76. The zero-order valence-electron chi connectivity index (χ0n) is 20.5. The number of aromatic nitrogens is 2. The van der Waals surface area contributed by atoms with E-state index in [-0.39, 0.29) is 30.6 Å². The summed E-state index contributed by atoms with van der Waals surface area (Å²) in [5.74, 6) is -0.388. The smallest absolute Gasteiger partial charge is 0.390 e. The topological polar surface area (TPSA) is 116 Å². The van der Waals surface area contributed by atoms with Gasteiger partial charge in [-0.3, -0.25) is 4.79 Å². The van der Waals surface area contributed by atoms with Crippen LogP contribution >= 0.6 is 0 Å². The first-order chi connectivity index (χ1) is 16.2. The van der Waals surface area contributed by atoms with Gasteiger partial charge in [-0.25, -0.2) is 4.98 Å². The number of nitrogens with two attached hydrogens (primary N) is 1. The molecule has 0 spiro atoms. The highest BCUT2D eigenvalue weighted by Crippen LogP contribution is 2.35. The van der Waals surface area contributed by atoms with Gasteiger partial charge in [-0.2, -0.15) is 18.2 Å². The summed E-state index contributed by atoms with van der Waals surface area (Å²) in [5, 5.41) is 15.7. The van der Waals surface area contributed by atoms with Gasteiger partial charge in [0.1, 0.15) is 11.4 Å². The fourth-order valence-electron chi connectivity index (χ4n) is 3.63. The number of alkyl halides is 3. The number of hydrogen-bond donors (Lipinski definition) is 4. The highest BCUT2D eigenvalue weighted by atomic mass is 19.4. The second-order valence-corrected chi connectivity index (χ2v) is 10.3. The number of anilines is 3. The summed E-state index contributed by atoms with van der Waals surface area (Å²) in [7, 11) is 0. The molecular formula is C24H33F3N6O2. The average Bonchev–Trinajstić information content (AvgIpc) is 2.75. The number of amides is 1. The fourth-order valence-corrected chi connectivity index (χ4v) is 3.63. The molecule has 1 aliphatic rings. The molecule has 2 heterocycles. The zero-order chi connectivity index (χ0) is 26.0. The van der Waals surface area contributed by atoms with E-state index >= 15 is 0 Å². The van der Waals surface area contributed by atoms with E-state index in [1.807, 2.05) is 26.0 Å². The number of halogens is 3. The van der Waals surface area contributed by atoms with Crippen LogP contribution in [0.3, 0.4) is 0 Å². The van der Waals surface area contributed by atoms with Crippen LogP contribution in [0.5, 0.6) is 0 Å². The summed E-state index contributed by atoms with van der Waals surface area (Å²) in [6.45, 7) is 8.37. The van der Waals surface area contributed by atoms with E-state index in [1.54, 1.807) is 24.8 Å². The minimum absolute atomic E-state index is 0.0313. The summed E-state index contributed by atoms with van der Waals surface area (Å²) in [6.07, 6.45) is -3.17. The minimum Gasteiger partial charge on any atom is -0.390 e. The SMILES string of the molecule is CC(C)(O)CC(=O)N1CCc2cc(Nc3ncc(C(F)(F)F)c(NCC(C)(C)CN)n3)ccc2C1. The Labute approximate surface area is 203 Å².